The topological polar surface area (TPSA) is 46.3 Å². The lowest BCUT2D eigenvalue weighted by atomic mass is 10.1. The first-order chi connectivity index (χ1) is 10.0. The summed E-state index contributed by atoms with van der Waals surface area (Å²) >= 11 is 6.09. The molecule has 1 aromatic carbocycles. The van der Waals surface area contributed by atoms with Crippen molar-refractivity contribution in [3.8, 4) is 0 Å². The van der Waals surface area contributed by atoms with Crippen LogP contribution in [-0.2, 0) is 4.79 Å². The summed E-state index contributed by atoms with van der Waals surface area (Å²) in [6.45, 7) is 3.40. The van der Waals surface area contributed by atoms with E-state index in [9.17, 15) is 9.18 Å². The summed E-state index contributed by atoms with van der Waals surface area (Å²) in [4.78, 5) is 14.5. The summed E-state index contributed by atoms with van der Waals surface area (Å²) in [5.74, 6) is 0.00627. The van der Waals surface area contributed by atoms with Gasteiger partial charge in [-0.05, 0) is 44.4 Å². The van der Waals surface area contributed by atoms with Gasteiger partial charge in [0.05, 0.1) is 0 Å². The van der Waals surface area contributed by atoms with Crippen LogP contribution in [0.25, 0.3) is 0 Å². The third-order valence-electron chi connectivity index (χ3n) is 4.76. The smallest absolute Gasteiger partial charge is 0.226 e. The van der Waals surface area contributed by atoms with Gasteiger partial charge >= 0.3 is 0 Å². The van der Waals surface area contributed by atoms with Gasteiger partial charge in [0.2, 0.25) is 5.91 Å². The van der Waals surface area contributed by atoms with Crippen molar-refractivity contribution in [2.24, 2.45) is 17.6 Å². The minimum atomic E-state index is -0.308. The van der Waals surface area contributed by atoms with E-state index in [4.69, 9.17) is 17.3 Å². The lowest BCUT2D eigenvalue weighted by Crippen LogP contribution is -2.35. The number of carbonyl (C=O) groups is 1. The molecule has 0 radical (unpaired) electrons. The number of halogens is 2. The van der Waals surface area contributed by atoms with Crippen LogP contribution in [0.15, 0.2) is 18.2 Å². The molecule has 3 rings (SSSR count). The van der Waals surface area contributed by atoms with Crippen molar-refractivity contribution in [2.45, 2.75) is 31.7 Å². The SMILES string of the molecule is CC1CC(CN)CN1C(=O)C1CC1c1c(F)cccc1Cl. The van der Waals surface area contributed by atoms with Crippen LogP contribution in [0.3, 0.4) is 0 Å². The van der Waals surface area contributed by atoms with Gasteiger partial charge in [0.15, 0.2) is 0 Å². The maximum atomic E-state index is 13.9. The summed E-state index contributed by atoms with van der Waals surface area (Å²) in [5, 5.41) is 0.421. The first kappa shape index (κ1) is 14.8. The monoisotopic (exact) mass is 310 g/mol. The van der Waals surface area contributed by atoms with E-state index in [0.29, 0.717) is 29.5 Å². The molecule has 2 fully saturated rings. The van der Waals surface area contributed by atoms with E-state index in [1.807, 2.05) is 4.90 Å². The molecule has 4 atom stereocenters. The van der Waals surface area contributed by atoms with Gasteiger partial charge < -0.3 is 10.6 Å². The highest BCUT2D eigenvalue weighted by Crippen LogP contribution is 2.51. The molecule has 1 saturated carbocycles. The van der Waals surface area contributed by atoms with Gasteiger partial charge in [-0.15, -0.1) is 0 Å². The Kier molecular flexibility index (Phi) is 3.93. The molecule has 1 amide bonds. The molecule has 5 heteroatoms. The summed E-state index contributed by atoms with van der Waals surface area (Å²) in [7, 11) is 0. The standard InChI is InChI=1S/C16H20ClFN2O/c1-9-5-10(7-19)8-20(9)16(21)12-6-11(12)15-13(17)3-2-4-14(15)18/h2-4,9-12H,5-8,19H2,1H3. The van der Waals surface area contributed by atoms with Crippen LogP contribution in [0.2, 0.25) is 5.02 Å². The van der Waals surface area contributed by atoms with Crippen LogP contribution in [0, 0.1) is 17.7 Å². The number of rotatable bonds is 3. The Morgan fingerprint density at radius 2 is 2.24 bits per heavy atom. The maximum Gasteiger partial charge on any atom is 0.226 e. The van der Waals surface area contributed by atoms with E-state index in [-0.39, 0.29) is 29.6 Å². The zero-order valence-electron chi connectivity index (χ0n) is 12.1. The van der Waals surface area contributed by atoms with Crippen LogP contribution in [0.1, 0.15) is 31.2 Å². The average molecular weight is 311 g/mol. The summed E-state index contributed by atoms with van der Waals surface area (Å²) < 4.78 is 13.9. The normalized spacial score (nSPS) is 31.5. The number of benzene rings is 1. The molecule has 3 nitrogen and oxygen atoms in total. The highest BCUT2D eigenvalue weighted by Gasteiger charge is 2.49. The minimum Gasteiger partial charge on any atom is -0.339 e. The van der Waals surface area contributed by atoms with E-state index >= 15 is 0 Å². The Hall–Kier alpha value is -1.13. The molecular formula is C16H20ClFN2O. The number of amides is 1. The Labute approximate surface area is 129 Å². The van der Waals surface area contributed by atoms with Crippen LogP contribution in [-0.4, -0.2) is 29.9 Å². The molecule has 1 aliphatic carbocycles. The molecule has 114 valence electrons. The van der Waals surface area contributed by atoms with E-state index < -0.39 is 0 Å². The van der Waals surface area contributed by atoms with Crippen molar-refractivity contribution < 1.29 is 9.18 Å². The van der Waals surface area contributed by atoms with Gasteiger partial charge in [0.1, 0.15) is 5.82 Å². The van der Waals surface area contributed by atoms with Gasteiger partial charge in [-0.1, -0.05) is 17.7 Å². The fraction of sp³-hybridized carbons (Fsp3) is 0.562. The fourth-order valence-corrected chi connectivity index (χ4v) is 3.79. The highest BCUT2D eigenvalue weighted by atomic mass is 35.5. The van der Waals surface area contributed by atoms with Crippen molar-refractivity contribution in [3.05, 3.63) is 34.6 Å². The van der Waals surface area contributed by atoms with Gasteiger partial charge in [0.25, 0.3) is 0 Å². The van der Waals surface area contributed by atoms with E-state index in [1.165, 1.54) is 6.07 Å². The average Bonchev–Trinajstić information content (AvgIpc) is 3.13. The number of likely N-dealkylation sites (tertiary alicyclic amines) is 1. The third-order valence-corrected chi connectivity index (χ3v) is 5.09. The molecule has 1 saturated heterocycles. The van der Waals surface area contributed by atoms with Crippen molar-refractivity contribution in [3.63, 3.8) is 0 Å². The van der Waals surface area contributed by atoms with Crippen molar-refractivity contribution in [1.29, 1.82) is 0 Å². The number of carbonyl (C=O) groups excluding carboxylic acids is 1. The number of hydrogen-bond acceptors (Lipinski definition) is 2. The predicted octanol–water partition coefficient (Wildman–Crippen LogP) is 2.78. The number of nitrogens with two attached hydrogens (primary N) is 1. The van der Waals surface area contributed by atoms with Gasteiger partial charge in [0, 0.05) is 35.0 Å². The highest BCUT2D eigenvalue weighted by molar-refractivity contribution is 6.31. The quantitative estimate of drug-likeness (QED) is 0.933. The van der Waals surface area contributed by atoms with Crippen LogP contribution < -0.4 is 5.73 Å². The van der Waals surface area contributed by atoms with Gasteiger partial charge in [-0.2, -0.15) is 0 Å². The molecule has 2 aliphatic rings. The summed E-state index contributed by atoms with van der Waals surface area (Å²) in [6.07, 6.45) is 1.65. The molecular weight excluding hydrogens is 291 g/mol. The largest absolute Gasteiger partial charge is 0.339 e. The van der Waals surface area contributed by atoms with Gasteiger partial charge in [-0.3, -0.25) is 4.79 Å². The molecule has 1 aliphatic heterocycles. The molecule has 0 spiro atoms. The molecule has 1 heterocycles. The van der Waals surface area contributed by atoms with Crippen molar-refractivity contribution in [1.82, 2.24) is 4.90 Å². The summed E-state index contributed by atoms with van der Waals surface area (Å²) in [6, 6.07) is 4.91. The Morgan fingerprint density at radius 3 is 2.86 bits per heavy atom. The maximum absolute atomic E-state index is 13.9. The zero-order valence-corrected chi connectivity index (χ0v) is 12.8. The van der Waals surface area contributed by atoms with E-state index in [0.717, 1.165) is 13.0 Å². The summed E-state index contributed by atoms with van der Waals surface area (Å²) in [5.41, 5.74) is 6.20. The predicted molar refractivity (Wildman–Crippen MR) is 80.6 cm³/mol. The Balaban J connectivity index is 1.72. The third kappa shape index (κ3) is 2.67. The van der Waals surface area contributed by atoms with E-state index in [1.54, 1.807) is 12.1 Å². The molecule has 4 unspecified atom stereocenters. The van der Waals surface area contributed by atoms with E-state index in [2.05, 4.69) is 6.92 Å². The zero-order chi connectivity index (χ0) is 15.1. The first-order valence-electron chi connectivity index (χ1n) is 7.47. The number of hydrogen-bond donors (Lipinski definition) is 1. The first-order valence-corrected chi connectivity index (χ1v) is 7.85. The second-order valence-electron chi connectivity index (χ2n) is 6.26. The number of nitrogens with zero attached hydrogens (tertiary/aromatic N) is 1. The van der Waals surface area contributed by atoms with Crippen LogP contribution in [0.5, 0.6) is 0 Å². The Morgan fingerprint density at radius 1 is 1.48 bits per heavy atom. The van der Waals surface area contributed by atoms with Crippen molar-refractivity contribution in [2.75, 3.05) is 13.1 Å². The molecule has 1 aromatic rings. The van der Waals surface area contributed by atoms with Crippen LogP contribution in [0.4, 0.5) is 4.39 Å². The molecule has 0 bridgehead atoms. The van der Waals surface area contributed by atoms with Gasteiger partial charge in [-0.25, -0.2) is 4.39 Å². The van der Waals surface area contributed by atoms with Crippen LogP contribution >= 0.6 is 11.6 Å². The minimum absolute atomic E-state index is 0.0738. The second kappa shape index (κ2) is 5.58. The lowest BCUT2D eigenvalue weighted by molar-refractivity contribution is -0.133. The molecule has 0 aromatic heterocycles. The van der Waals surface area contributed by atoms with Crippen molar-refractivity contribution >= 4 is 17.5 Å². The second-order valence-corrected chi connectivity index (χ2v) is 6.67. The lowest BCUT2D eigenvalue weighted by Gasteiger charge is -2.21. The molecule has 2 N–H and O–H groups in total. The Bertz CT molecular complexity index is 545. The fourth-order valence-electron chi connectivity index (χ4n) is 3.49. The molecule has 21 heavy (non-hydrogen) atoms.